The molecular weight excluding hydrogens is 426 g/mol. The first-order chi connectivity index (χ1) is 16.1. The molecular formula is C30H36F2Si. The molecule has 3 aromatic carbocycles. The molecule has 0 unspecified atom stereocenters. The second-order valence-electron chi connectivity index (χ2n) is 9.78. The largest absolute Gasteiger partial charge is 0.207 e. The number of benzene rings is 3. The Morgan fingerprint density at radius 3 is 2.03 bits per heavy atom. The van der Waals surface area contributed by atoms with Gasteiger partial charge in [0.15, 0.2) is 0 Å². The van der Waals surface area contributed by atoms with Crippen LogP contribution in [-0.4, -0.2) is 8.80 Å². The molecule has 0 spiro atoms. The van der Waals surface area contributed by atoms with E-state index in [9.17, 15) is 4.39 Å². The highest BCUT2D eigenvalue weighted by Gasteiger charge is 2.23. The molecule has 1 aliphatic rings. The summed E-state index contributed by atoms with van der Waals surface area (Å²) in [4.78, 5) is 0. The van der Waals surface area contributed by atoms with Gasteiger partial charge < -0.3 is 0 Å². The second kappa shape index (κ2) is 11.7. The van der Waals surface area contributed by atoms with Gasteiger partial charge in [-0.15, -0.1) is 0 Å². The van der Waals surface area contributed by atoms with E-state index in [0.717, 1.165) is 24.0 Å². The third kappa shape index (κ3) is 6.63. The van der Waals surface area contributed by atoms with Crippen molar-refractivity contribution < 1.29 is 8.78 Å². The zero-order chi connectivity index (χ0) is 23.0. The van der Waals surface area contributed by atoms with Gasteiger partial charge in [-0.25, -0.2) is 8.78 Å². The van der Waals surface area contributed by atoms with Gasteiger partial charge in [-0.1, -0.05) is 92.8 Å². The monoisotopic (exact) mass is 462 g/mol. The molecule has 174 valence electrons. The molecule has 0 saturated carbocycles. The third-order valence-electron chi connectivity index (χ3n) is 7.41. The smallest absolute Gasteiger partial charge is 0.131 e. The van der Waals surface area contributed by atoms with Crippen molar-refractivity contribution in [2.45, 2.75) is 75.9 Å². The van der Waals surface area contributed by atoms with Crippen molar-refractivity contribution in [2.75, 3.05) is 0 Å². The van der Waals surface area contributed by atoms with E-state index in [1.807, 2.05) is 30.3 Å². The summed E-state index contributed by atoms with van der Waals surface area (Å²) in [6.45, 7) is 2.28. The van der Waals surface area contributed by atoms with Crippen LogP contribution < -0.4 is 0 Å². The third-order valence-corrected chi connectivity index (χ3v) is 10.9. The Balaban J connectivity index is 1.33. The van der Waals surface area contributed by atoms with Gasteiger partial charge >= 0.3 is 0 Å². The van der Waals surface area contributed by atoms with Crippen molar-refractivity contribution in [3.05, 3.63) is 95.1 Å². The van der Waals surface area contributed by atoms with Crippen molar-refractivity contribution >= 4 is 8.80 Å². The average molecular weight is 463 g/mol. The molecule has 1 fully saturated rings. The summed E-state index contributed by atoms with van der Waals surface area (Å²) in [5, 5.41) is 0. The van der Waals surface area contributed by atoms with Crippen molar-refractivity contribution in [1.29, 1.82) is 0 Å². The second-order valence-corrected chi connectivity index (χ2v) is 13.2. The van der Waals surface area contributed by atoms with E-state index in [4.69, 9.17) is 0 Å². The van der Waals surface area contributed by atoms with Gasteiger partial charge in [0.1, 0.15) is 11.6 Å². The summed E-state index contributed by atoms with van der Waals surface area (Å²) in [6, 6.07) is 25.2. The Kier molecular flexibility index (Phi) is 8.50. The number of halogens is 2. The lowest BCUT2D eigenvalue weighted by Crippen LogP contribution is -2.20. The summed E-state index contributed by atoms with van der Waals surface area (Å²) in [5.41, 5.74) is 5.14. The number of unbranched alkanes of at least 4 members (excludes halogenated alkanes) is 2. The normalized spacial score (nSPS) is 18.4. The van der Waals surface area contributed by atoms with Crippen LogP contribution in [-0.2, 0) is 12.8 Å². The molecule has 3 heteroatoms. The first-order valence-corrected chi connectivity index (χ1v) is 15.2. The van der Waals surface area contributed by atoms with Gasteiger partial charge in [0.05, 0.1) is 0 Å². The summed E-state index contributed by atoms with van der Waals surface area (Å²) >= 11 is 0. The van der Waals surface area contributed by atoms with Gasteiger partial charge in [-0.2, -0.15) is 0 Å². The first kappa shape index (κ1) is 23.9. The lowest BCUT2D eigenvalue weighted by Gasteiger charge is -2.28. The summed E-state index contributed by atoms with van der Waals surface area (Å²) in [6.07, 6.45) is 8.38. The standard InChI is InChI=1S/C30H36F2Si/c1-2-3-4-19-33-20-17-25(18-21-33)27-13-16-29(30(32)22-27)26-11-7-23(8-12-26)5-6-24-9-14-28(31)15-10-24/h7-16,22,25,33H,2-6,17-21H2,1H3. The Morgan fingerprint density at radius 1 is 0.788 bits per heavy atom. The van der Waals surface area contributed by atoms with Crippen LogP contribution in [0, 0.1) is 11.6 Å². The van der Waals surface area contributed by atoms with E-state index in [0.29, 0.717) is 11.5 Å². The summed E-state index contributed by atoms with van der Waals surface area (Å²) in [5.74, 6) is 0.235. The van der Waals surface area contributed by atoms with Crippen molar-refractivity contribution in [3.63, 3.8) is 0 Å². The molecule has 1 saturated heterocycles. The van der Waals surface area contributed by atoms with Crippen LogP contribution in [0.1, 0.15) is 61.6 Å². The lowest BCUT2D eigenvalue weighted by atomic mass is 9.91. The maximum atomic E-state index is 15.1. The van der Waals surface area contributed by atoms with Crippen molar-refractivity contribution in [2.24, 2.45) is 0 Å². The SMILES string of the molecule is CCCCC[SiH]1CCC(c2ccc(-c3ccc(CCc4ccc(F)cc4)cc3)c(F)c2)CC1. The van der Waals surface area contributed by atoms with Gasteiger partial charge in [0.25, 0.3) is 0 Å². The number of hydrogen-bond acceptors (Lipinski definition) is 0. The molecule has 33 heavy (non-hydrogen) atoms. The predicted molar refractivity (Wildman–Crippen MR) is 139 cm³/mol. The molecule has 0 bridgehead atoms. The Labute approximate surface area is 199 Å². The van der Waals surface area contributed by atoms with Gasteiger partial charge in [0, 0.05) is 14.4 Å². The van der Waals surface area contributed by atoms with Gasteiger partial charge in [-0.05, 0) is 72.1 Å². The molecule has 0 amide bonds. The van der Waals surface area contributed by atoms with Crippen LogP contribution in [0.3, 0.4) is 0 Å². The molecule has 1 aliphatic heterocycles. The minimum absolute atomic E-state index is 0.103. The number of aryl methyl sites for hydroxylation is 2. The fourth-order valence-electron chi connectivity index (χ4n) is 5.28. The molecule has 0 radical (unpaired) electrons. The molecule has 0 N–H and O–H groups in total. The summed E-state index contributed by atoms with van der Waals surface area (Å²) < 4.78 is 28.1. The van der Waals surface area contributed by atoms with Crippen molar-refractivity contribution in [1.82, 2.24) is 0 Å². The van der Waals surface area contributed by atoms with E-state index in [2.05, 4.69) is 25.1 Å². The van der Waals surface area contributed by atoms with Gasteiger partial charge in [-0.3, -0.25) is 0 Å². The molecule has 3 aromatic rings. The Hall–Kier alpha value is -2.26. The molecule has 0 nitrogen and oxygen atoms in total. The van der Waals surface area contributed by atoms with E-state index >= 15 is 4.39 Å². The van der Waals surface area contributed by atoms with Crippen LogP contribution in [0.15, 0.2) is 66.7 Å². The quantitative estimate of drug-likeness (QED) is 0.220. The molecule has 4 rings (SSSR count). The highest BCUT2D eigenvalue weighted by Crippen LogP contribution is 2.36. The maximum Gasteiger partial charge on any atom is 0.131 e. The summed E-state index contributed by atoms with van der Waals surface area (Å²) in [7, 11) is -0.535. The zero-order valence-electron chi connectivity index (χ0n) is 19.8. The average Bonchev–Trinajstić information content (AvgIpc) is 2.85. The highest BCUT2D eigenvalue weighted by molar-refractivity contribution is 6.59. The topological polar surface area (TPSA) is 0 Å². The highest BCUT2D eigenvalue weighted by atomic mass is 28.3. The molecule has 1 heterocycles. The minimum Gasteiger partial charge on any atom is -0.207 e. The lowest BCUT2D eigenvalue weighted by molar-refractivity contribution is 0.588. The van der Waals surface area contributed by atoms with E-state index in [1.54, 1.807) is 6.07 Å². The van der Waals surface area contributed by atoms with Crippen LogP contribution >= 0.6 is 0 Å². The number of hydrogen-bond donors (Lipinski definition) is 0. The fourth-order valence-corrected chi connectivity index (χ4v) is 8.76. The van der Waals surface area contributed by atoms with Crippen LogP contribution in [0.4, 0.5) is 8.78 Å². The van der Waals surface area contributed by atoms with Crippen molar-refractivity contribution in [3.8, 4) is 11.1 Å². The van der Waals surface area contributed by atoms with Crippen LogP contribution in [0.5, 0.6) is 0 Å². The Bertz CT molecular complexity index is 1000. The maximum absolute atomic E-state index is 15.1. The molecule has 0 aliphatic carbocycles. The zero-order valence-corrected chi connectivity index (χ0v) is 21.0. The van der Waals surface area contributed by atoms with E-state index in [-0.39, 0.29) is 11.6 Å². The van der Waals surface area contributed by atoms with E-state index in [1.165, 1.54) is 73.5 Å². The Morgan fingerprint density at radius 2 is 1.42 bits per heavy atom. The number of rotatable bonds is 9. The minimum atomic E-state index is -0.535. The fraction of sp³-hybridized carbons (Fsp3) is 0.400. The molecule has 0 atom stereocenters. The predicted octanol–water partition coefficient (Wildman–Crippen LogP) is 8.71. The van der Waals surface area contributed by atoms with Crippen LogP contribution in [0.25, 0.3) is 11.1 Å². The van der Waals surface area contributed by atoms with Crippen LogP contribution in [0.2, 0.25) is 18.1 Å². The van der Waals surface area contributed by atoms with Gasteiger partial charge in [0.2, 0.25) is 0 Å². The van der Waals surface area contributed by atoms with E-state index < -0.39 is 8.80 Å². The molecule has 0 aromatic heterocycles. The first-order valence-electron chi connectivity index (χ1n) is 12.8.